The minimum absolute atomic E-state index is 0.152. The Kier molecular flexibility index (Phi) is 4.32. The number of para-hydroxylation sites is 2. The van der Waals surface area contributed by atoms with Crippen LogP contribution in [0.3, 0.4) is 0 Å². The summed E-state index contributed by atoms with van der Waals surface area (Å²) < 4.78 is 2.07. The number of aromatic nitrogens is 3. The normalized spacial score (nSPS) is 15.6. The summed E-state index contributed by atoms with van der Waals surface area (Å²) in [5.74, 6) is 0.565. The molecule has 0 saturated heterocycles. The third kappa shape index (κ3) is 3.03. The molecule has 1 amide bonds. The van der Waals surface area contributed by atoms with E-state index in [4.69, 9.17) is 4.98 Å². The first-order valence-electron chi connectivity index (χ1n) is 9.84. The number of nitrogens with one attached hydrogen (secondary N) is 2. The third-order valence-electron chi connectivity index (χ3n) is 5.38. The van der Waals surface area contributed by atoms with Crippen LogP contribution < -0.4 is 10.6 Å². The number of fused-ring (bicyclic) bond motifs is 3. The number of aryl methyl sites for hydroxylation is 1. The Labute approximate surface area is 174 Å². The summed E-state index contributed by atoms with van der Waals surface area (Å²) in [5.41, 5.74) is 6.08. The molecule has 0 aliphatic carbocycles. The third-order valence-corrected chi connectivity index (χ3v) is 5.38. The van der Waals surface area contributed by atoms with Crippen molar-refractivity contribution in [2.75, 3.05) is 10.6 Å². The van der Waals surface area contributed by atoms with Crippen LogP contribution in [0.15, 0.2) is 84.3 Å². The lowest BCUT2D eigenvalue weighted by atomic mass is 9.95. The molecular formula is C24H21N5O. The molecule has 1 aliphatic rings. The van der Waals surface area contributed by atoms with Crippen molar-refractivity contribution in [3.05, 3.63) is 95.5 Å². The van der Waals surface area contributed by atoms with Gasteiger partial charge in [-0.05, 0) is 49.7 Å². The largest absolute Gasteiger partial charge is 0.329 e. The van der Waals surface area contributed by atoms with Crippen LogP contribution in [0.4, 0.5) is 11.6 Å². The molecule has 1 unspecified atom stereocenters. The molecule has 0 bridgehead atoms. The Morgan fingerprint density at radius 1 is 1.03 bits per heavy atom. The van der Waals surface area contributed by atoms with Gasteiger partial charge in [0.15, 0.2) is 0 Å². The second-order valence-corrected chi connectivity index (χ2v) is 7.47. The molecule has 3 heterocycles. The maximum Gasteiger partial charge on any atom is 0.255 e. The Morgan fingerprint density at radius 3 is 2.60 bits per heavy atom. The maximum atomic E-state index is 13.5. The second-order valence-electron chi connectivity index (χ2n) is 7.47. The van der Waals surface area contributed by atoms with E-state index in [-0.39, 0.29) is 11.9 Å². The number of amides is 1. The van der Waals surface area contributed by atoms with Crippen LogP contribution in [0.25, 0.3) is 11.0 Å². The number of anilines is 2. The monoisotopic (exact) mass is 395 g/mol. The van der Waals surface area contributed by atoms with Crippen LogP contribution in [-0.2, 0) is 4.79 Å². The fourth-order valence-corrected chi connectivity index (χ4v) is 3.95. The smallest absolute Gasteiger partial charge is 0.255 e. The number of imidazole rings is 1. The summed E-state index contributed by atoms with van der Waals surface area (Å²) in [6.45, 7) is 3.93. The first-order valence-corrected chi connectivity index (χ1v) is 9.84. The molecule has 1 atom stereocenters. The van der Waals surface area contributed by atoms with Crippen molar-refractivity contribution in [2.24, 2.45) is 0 Å². The molecular weight excluding hydrogens is 374 g/mol. The predicted molar refractivity (Wildman–Crippen MR) is 118 cm³/mol. The van der Waals surface area contributed by atoms with Crippen LogP contribution in [-0.4, -0.2) is 20.4 Å². The average Bonchev–Trinajstić information content (AvgIpc) is 3.12. The lowest BCUT2D eigenvalue weighted by molar-refractivity contribution is -0.113. The number of benzene rings is 2. The molecule has 148 valence electrons. The van der Waals surface area contributed by atoms with Crippen molar-refractivity contribution >= 4 is 28.6 Å². The highest BCUT2D eigenvalue weighted by atomic mass is 16.1. The highest BCUT2D eigenvalue weighted by Gasteiger charge is 2.34. The van der Waals surface area contributed by atoms with Gasteiger partial charge in [0.25, 0.3) is 5.91 Å². The van der Waals surface area contributed by atoms with E-state index in [2.05, 4.69) is 20.2 Å². The number of hydrogen-bond acceptors (Lipinski definition) is 4. The summed E-state index contributed by atoms with van der Waals surface area (Å²) in [5, 5.41) is 6.37. The Bertz CT molecular complexity index is 1270. The summed E-state index contributed by atoms with van der Waals surface area (Å²) >= 11 is 0. The zero-order chi connectivity index (χ0) is 20.7. The molecule has 0 fully saturated rings. The molecule has 0 spiro atoms. The predicted octanol–water partition coefficient (Wildman–Crippen LogP) is 4.67. The Balaban J connectivity index is 1.65. The number of rotatable bonds is 3. The summed E-state index contributed by atoms with van der Waals surface area (Å²) in [6, 6.07) is 19.3. The Hall–Kier alpha value is -3.93. The number of carbonyl (C=O) groups is 1. The first-order chi connectivity index (χ1) is 14.6. The van der Waals surface area contributed by atoms with Gasteiger partial charge in [0.1, 0.15) is 0 Å². The van der Waals surface area contributed by atoms with Gasteiger partial charge in [-0.15, -0.1) is 0 Å². The molecule has 6 nitrogen and oxygen atoms in total. The summed E-state index contributed by atoms with van der Waals surface area (Å²) in [7, 11) is 0. The van der Waals surface area contributed by atoms with Crippen molar-refractivity contribution in [1.82, 2.24) is 14.5 Å². The molecule has 2 aromatic carbocycles. The molecule has 6 heteroatoms. The van der Waals surface area contributed by atoms with E-state index < -0.39 is 0 Å². The first kappa shape index (κ1) is 18.1. The SMILES string of the molecule is CC1=C(C(=O)Nc2ccc(C)cc2)C(c2cccnc2)n2c(nc3ccccc32)N1. The fraction of sp³-hybridized carbons (Fsp3) is 0.125. The number of pyridine rings is 1. The van der Waals surface area contributed by atoms with E-state index >= 15 is 0 Å². The van der Waals surface area contributed by atoms with E-state index in [1.807, 2.05) is 74.5 Å². The number of nitrogens with zero attached hydrogens (tertiary/aromatic N) is 3. The number of allylic oxidation sites excluding steroid dienone is 1. The molecule has 2 N–H and O–H groups in total. The van der Waals surface area contributed by atoms with Gasteiger partial charge in [-0.1, -0.05) is 35.9 Å². The number of carbonyl (C=O) groups excluding carboxylic acids is 1. The van der Waals surface area contributed by atoms with Crippen molar-refractivity contribution in [3.63, 3.8) is 0 Å². The van der Waals surface area contributed by atoms with Crippen LogP contribution in [0, 0.1) is 6.92 Å². The van der Waals surface area contributed by atoms with E-state index in [1.54, 1.807) is 12.4 Å². The molecule has 0 saturated carbocycles. The summed E-state index contributed by atoms with van der Waals surface area (Å²) in [6.07, 6.45) is 3.54. The van der Waals surface area contributed by atoms with E-state index in [0.29, 0.717) is 5.57 Å². The van der Waals surface area contributed by atoms with Crippen LogP contribution in [0.1, 0.15) is 24.1 Å². The van der Waals surface area contributed by atoms with Crippen molar-refractivity contribution < 1.29 is 4.79 Å². The number of hydrogen-bond donors (Lipinski definition) is 2. The molecule has 5 rings (SSSR count). The minimum atomic E-state index is -0.340. The van der Waals surface area contributed by atoms with Gasteiger partial charge >= 0.3 is 0 Å². The van der Waals surface area contributed by atoms with Gasteiger partial charge in [0.2, 0.25) is 5.95 Å². The molecule has 0 radical (unpaired) electrons. The zero-order valence-corrected chi connectivity index (χ0v) is 16.8. The van der Waals surface area contributed by atoms with Crippen LogP contribution >= 0.6 is 0 Å². The van der Waals surface area contributed by atoms with Crippen molar-refractivity contribution in [3.8, 4) is 0 Å². The van der Waals surface area contributed by atoms with Gasteiger partial charge in [0, 0.05) is 23.8 Å². The van der Waals surface area contributed by atoms with Gasteiger partial charge in [-0.25, -0.2) is 4.98 Å². The fourth-order valence-electron chi connectivity index (χ4n) is 3.95. The maximum absolute atomic E-state index is 13.5. The molecule has 4 aromatic rings. The highest BCUT2D eigenvalue weighted by molar-refractivity contribution is 6.06. The topological polar surface area (TPSA) is 71.8 Å². The lowest BCUT2D eigenvalue weighted by Crippen LogP contribution is -2.31. The van der Waals surface area contributed by atoms with E-state index in [1.165, 1.54) is 0 Å². The van der Waals surface area contributed by atoms with Crippen LogP contribution in [0.5, 0.6) is 0 Å². The van der Waals surface area contributed by atoms with Gasteiger partial charge < -0.3 is 10.6 Å². The van der Waals surface area contributed by atoms with Gasteiger partial charge in [0.05, 0.1) is 22.6 Å². The van der Waals surface area contributed by atoms with Gasteiger partial charge in [-0.2, -0.15) is 0 Å². The van der Waals surface area contributed by atoms with Crippen molar-refractivity contribution in [2.45, 2.75) is 19.9 Å². The minimum Gasteiger partial charge on any atom is -0.329 e. The quantitative estimate of drug-likeness (QED) is 0.529. The van der Waals surface area contributed by atoms with E-state index in [0.717, 1.165) is 39.5 Å². The van der Waals surface area contributed by atoms with E-state index in [9.17, 15) is 4.79 Å². The van der Waals surface area contributed by atoms with Crippen LogP contribution in [0.2, 0.25) is 0 Å². The molecule has 2 aromatic heterocycles. The zero-order valence-electron chi connectivity index (χ0n) is 16.8. The lowest BCUT2D eigenvalue weighted by Gasteiger charge is -2.30. The Morgan fingerprint density at radius 2 is 1.83 bits per heavy atom. The highest BCUT2D eigenvalue weighted by Crippen LogP contribution is 2.39. The standard InChI is InChI=1S/C24H21N5O/c1-15-9-11-18(12-10-15)27-23(30)21-16(2)26-24-28-19-7-3-4-8-20(19)29(24)22(21)17-6-5-13-25-14-17/h3-14,22H,1-2H3,(H,26,28)(H,27,30). The average molecular weight is 395 g/mol. The van der Waals surface area contributed by atoms with Gasteiger partial charge in [-0.3, -0.25) is 14.3 Å². The van der Waals surface area contributed by atoms with Crippen molar-refractivity contribution in [1.29, 1.82) is 0 Å². The summed E-state index contributed by atoms with van der Waals surface area (Å²) in [4.78, 5) is 22.5. The second kappa shape index (κ2) is 7.15. The molecule has 30 heavy (non-hydrogen) atoms. The molecule has 1 aliphatic heterocycles.